The molecule has 0 unspecified atom stereocenters. The molecule has 0 fully saturated rings. The van der Waals surface area contributed by atoms with Crippen LogP contribution in [0.25, 0.3) is 11.5 Å². The Bertz CT molecular complexity index is 849. The summed E-state index contributed by atoms with van der Waals surface area (Å²) in [6, 6.07) is 13.7. The molecule has 0 amide bonds. The quantitative estimate of drug-likeness (QED) is 0.501. The molecule has 5 heteroatoms. The van der Waals surface area contributed by atoms with Crippen molar-refractivity contribution < 1.29 is 9.21 Å². The summed E-state index contributed by atoms with van der Waals surface area (Å²) in [5, 5.41) is 8.51. The van der Waals surface area contributed by atoms with Gasteiger partial charge in [0, 0.05) is 11.1 Å². The first-order valence-electron chi connectivity index (χ1n) is 7.66. The Kier molecular flexibility index (Phi) is 4.81. The molecular formula is C19H18N2O2S. The number of carbonyl (C=O) groups excluding carboxylic acids is 1. The summed E-state index contributed by atoms with van der Waals surface area (Å²) in [5.41, 5.74) is 5.02. The number of thioether (sulfide) groups is 1. The van der Waals surface area contributed by atoms with Crippen LogP contribution in [0.4, 0.5) is 0 Å². The molecule has 0 N–H and O–H groups in total. The van der Waals surface area contributed by atoms with Gasteiger partial charge in [-0.25, -0.2) is 0 Å². The van der Waals surface area contributed by atoms with Crippen LogP contribution in [0, 0.1) is 20.8 Å². The van der Waals surface area contributed by atoms with E-state index in [1.165, 1.54) is 11.8 Å². The number of aromatic nitrogens is 2. The zero-order valence-corrected chi connectivity index (χ0v) is 14.7. The Labute approximate surface area is 145 Å². The van der Waals surface area contributed by atoms with Crippen LogP contribution >= 0.6 is 11.8 Å². The lowest BCUT2D eigenvalue weighted by Crippen LogP contribution is -2.02. The molecule has 0 radical (unpaired) electrons. The molecule has 3 rings (SSSR count). The molecule has 4 nitrogen and oxygen atoms in total. The van der Waals surface area contributed by atoms with Crippen molar-refractivity contribution in [2.75, 3.05) is 5.75 Å². The Morgan fingerprint density at radius 3 is 2.29 bits per heavy atom. The van der Waals surface area contributed by atoms with Crippen molar-refractivity contribution >= 4 is 17.5 Å². The van der Waals surface area contributed by atoms with Crippen molar-refractivity contribution in [3.05, 3.63) is 64.7 Å². The van der Waals surface area contributed by atoms with Gasteiger partial charge in [-0.3, -0.25) is 4.79 Å². The smallest absolute Gasteiger partial charge is 0.277 e. The average Bonchev–Trinajstić information content (AvgIpc) is 3.01. The highest BCUT2D eigenvalue weighted by molar-refractivity contribution is 7.99. The summed E-state index contributed by atoms with van der Waals surface area (Å²) in [6.07, 6.45) is 0. The van der Waals surface area contributed by atoms with Crippen molar-refractivity contribution in [3.63, 3.8) is 0 Å². The molecule has 2 aromatic carbocycles. The van der Waals surface area contributed by atoms with Crippen LogP contribution in [0.5, 0.6) is 0 Å². The maximum Gasteiger partial charge on any atom is 0.277 e. The lowest BCUT2D eigenvalue weighted by Gasteiger charge is -2.00. The summed E-state index contributed by atoms with van der Waals surface area (Å²) in [6.45, 7) is 6.06. The second kappa shape index (κ2) is 7.01. The minimum Gasteiger partial charge on any atom is -0.411 e. The SMILES string of the molecule is Cc1ccc(C(=O)CSc2nnc(-c3cc(C)cc(C)c3)o2)cc1. The third-order valence-corrected chi connectivity index (χ3v) is 4.39. The monoisotopic (exact) mass is 338 g/mol. The maximum atomic E-state index is 12.2. The number of aryl methyl sites for hydroxylation is 3. The molecule has 0 saturated carbocycles. The van der Waals surface area contributed by atoms with E-state index >= 15 is 0 Å². The first-order chi connectivity index (χ1) is 11.5. The molecule has 1 heterocycles. The van der Waals surface area contributed by atoms with E-state index in [2.05, 4.69) is 16.3 Å². The van der Waals surface area contributed by atoms with E-state index in [-0.39, 0.29) is 11.5 Å². The Hall–Kier alpha value is -2.40. The van der Waals surface area contributed by atoms with Crippen molar-refractivity contribution in [1.29, 1.82) is 0 Å². The molecule has 0 saturated heterocycles. The molecule has 1 aromatic heterocycles. The third kappa shape index (κ3) is 3.92. The van der Waals surface area contributed by atoms with Gasteiger partial charge >= 0.3 is 0 Å². The first-order valence-corrected chi connectivity index (χ1v) is 8.64. The van der Waals surface area contributed by atoms with Gasteiger partial charge < -0.3 is 4.42 Å². The predicted molar refractivity (Wildman–Crippen MR) is 95.4 cm³/mol. The third-order valence-electron chi connectivity index (χ3n) is 3.58. The molecule has 0 atom stereocenters. The van der Waals surface area contributed by atoms with Gasteiger partial charge in [-0.15, -0.1) is 10.2 Å². The zero-order valence-electron chi connectivity index (χ0n) is 13.9. The van der Waals surface area contributed by atoms with Gasteiger partial charge in [0.1, 0.15) is 0 Å². The summed E-state index contributed by atoms with van der Waals surface area (Å²) in [5.74, 6) is 0.801. The number of benzene rings is 2. The lowest BCUT2D eigenvalue weighted by atomic mass is 10.1. The topological polar surface area (TPSA) is 56.0 Å². The fourth-order valence-electron chi connectivity index (χ4n) is 2.43. The first kappa shape index (κ1) is 16.5. The fourth-order valence-corrected chi connectivity index (χ4v) is 3.09. The second-order valence-electron chi connectivity index (χ2n) is 5.83. The van der Waals surface area contributed by atoms with E-state index in [9.17, 15) is 4.79 Å². The number of carbonyl (C=O) groups is 1. The van der Waals surface area contributed by atoms with Gasteiger partial charge in [0.2, 0.25) is 5.89 Å². The Morgan fingerprint density at radius 2 is 1.62 bits per heavy atom. The highest BCUT2D eigenvalue weighted by atomic mass is 32.2. The van der Waals surface area contributed by atoms with Gasteiger partial charge in [0.25, 0.3) is 5.22 Å². The zero-order chi connectivity index (χ0) is 17.1. The molecule has 122 valence electrons. The molecule has 0 spiro atoms. The minimum absolute atomic E-state index is 0.0474. The van der Waals surface area contributed by atoms with Crippen LogP contribution in [0.3, 0.4) is 0 Å². The molecule has 3 aromatic rings. The van der Waals surface area contributed by atoms with Crippen molar-refractivity contribution in [3.8, 4) is 11.5 Å². The molecule has 0 aliphatic rings. The van der Waals surface area contributed by atoms with Gasteiger partial charge in [-0.1, -0.05) is 58.8 Å². The van der Waals surface area contributed by atoms with Gasteiger partial charge in [-0.05, 0) is 32.9 Å². The summed E-state index contributed by atoms with van der Waals surface area (Å²) in [7, 11) is 0. The fraction of sp³-hybridized carbons (Fsp3) is 0.211. The van der Waals surface area contributed by atoms with Crippen LogP contribution in [0.1, 0.15) is 27.0 Å². The van der Waals surface area contributed by atoms with E-state index in [4.69, 9.17) is 4.42 Å². The van der Waals surface area contributed by atoms with Crippen LogP contribution in [0.2, 0.25) is 0 Å². The van der Waals surface area contributed by atoms with Gasteiger partial charge in [-0.2, -0.15) is 0 Å². The normalized spacial score (nSPS) is 10.8. The van der Waals surface area contributed by atoms with E-state index in [0.717, 1.165) is 22.3 Å². The predicted octanol–water partition coefficient (Wildman–Crippen LogP) is 4.64. The lowest BCUT2D eigenvalue weighted by molar-refractivity contribution is 0.102. The molecule has 0 aliphatic heterocycles. The van der Waals surface area contributed by atoms with Crippen molar-refractivity contribution in [2.24, 2.45) is 0 Å². The van der Waals surface area contributed by atoms with E-state index in [1.54, 1.807) is 0 Å². The van der Waals surface area contributed by atoms with Crippen LogP contribution in [-0.2, 0) is 0 Å². The summed E-state index contributed by atoms with van der Waals surface area (Å²) in [4.78, 5) is 12.2. The van der Waals surface area contributed by atoms with E-state index in [0.29, 0.717) is 16.7 Å². The Morgan fingerprint density at radius 1 is 0.958 bits per heavy atom. The standard InChI is InChI=1S/C19H18N2O2S/c1-12-4-6-15(7-5-12)17(22)11-24-19-21-20-18(23-19)16-9-13(2)8-14(3)10-16/h4-10H,11H2,1-3H3. The van der Waals surface area contributed by atoms with Gasteiger partial charge in [0.15, 0.2) is 5.78 Å². The van der Waals surface area contributed by atoms with Crippen molar-refractivity contribution in [2.45, 2.75) is 26.0 Å². The maximum absolute atomic E-state index is 12.2. The molecule has 0 aliphatic carbocycles. The highest BCUT2D eigenvalue weighted by Gasteiger charge is 2.13. The van der Waals surface area contributed by atoms with Gasteiger partial charge in [0.05, 0.1) is 5.75 Å². The average molecular weight is 338 g/mol. The second-order valence-corrected chi connectivity index (χ2v) is 6.75. The van der Waals surface area contributed by atoms with Crippen LogP contribution < -0.4 is 0 Å². The molecule has 0 bridgehead atoms. The number of ketones is 1. The number of Topliss-reactive ketones (excluding diaryl/α,β-unsaturated/α-hetero) is 1. The molecular weight excluding hydrogens is 320 g/mol. The van der Waals surface area contributed by atoms with Crippen LogP contribution in [-0.4, -0.2) is 21.7 Å². The summed E-state index contributed by atoms with van der Waals surface area (Å²) >= 11 is 1.26. The highest BCUT2D eigenvalue weighted by Crippen LogP contribution is 2.25. The number of hydrogen-bond acceptors (Lipinski definition) is 5. The van der Waals surface area contributed by atoms with E-state index in [1.807, 2.05) is 57.2 Å². The molecule has 24 heavy (non-hydrogen) atoms. The summed E-state index contributed by atoms with van der Waals surface area (Å²) < 4.78 is 5.67. The largest absolute Gasteiger partial charge is 0.411 e. The number of rotatable bonds is 5. The number of nitrogens with zero attached hydrogens (tertiary/aromatic N) is 2. The van der Waals surface area contributed by atoms with Crippen molar-refractivity contribution in [1.82, 2.24) is 10.2 Å². The van der Waals surface area contributed by atoms with E-state index < -0.39 is 0 Å². The Balaban J connectivity index is 1.68. The van der Waals surface area contributed by atoms with Crippen LogP contribution in [0.15, 0.2) is 52.1 Å². The number of hydrogen-bond donors (Lipinski definition) is 0. The minimum atomic E-state index is 0.0474.